The van der Waals surface area contributed by atoms with Gasteiger partial charge in [-0.25, -0.2) is 0 Å². The van der Waals surface area contributed by atoms with E-state index in [1.54, 1.807) is 7.11 Å². The summed E-state index contributed by atoms with van der Waals surface area (Å²) in [4.78, 5) is 4.83. The van der Waals surface area contributed by atoms with Gasteiger partial charge in [-0.3, -0.25) is 0 Å². The van der Waals surface area contributed by atoms with E-state index >= 15 is 0 Å². The zero-order chi connectivity index (χ0) is 13.7. The molecule has 104 valence electrons. The normalized spacial score (nSPS) is 18.7. The summed E-state index contributed by atoms with van der Waals surface area (Å²) in [7, 11) is 1.56. The number of benzene rings is 1. The van der Waals surface area contributed by atoms with Gasteiger partial charge in [-0.05, 0) is 49.5 Å². The zero-order valence-corrected chi connectivity index (χ0v) is 12.4. The Balaban J connectivity index is 2.24. The number of rotatable bonds is 4. The molecule has 0 radical (unpaired) electrons. The summed E-state index contributed by atoms with van der Waals surface area (Å²) < 4.78 is 0. The van der Waals surface area contributed by atoms with Crippen molar-refractivity contribution < 1.29 is 4.84 Å². The highest BCUT2D eigenvalue weighted by atomic mass is 35.5. The molecule has 1 atom stereocenters. The molecule has 0 spiro atoms. The molecule has 0 aromatic heterocycles. The number of oxime groups is 1. The maximum absolute atomic E-state index is 6.11. The zero-order valence-electron chi connectivity index (χ0n) is 10.9. The standard InChI is InChI=1S/C14H18Cl2N2O/c1-19-18-9-12(10-4-6-17-7-5-10)11-2-3-13(15)14(16)8-11/h2-3,8-10,12,17H,4-7H2,1H3/b18-9+. The lowest BCUT2D eigenvalue weighted by atomic mass is 9.81. The highest BCUT2D eigenvalue weighted by Gasteiger charge is 2.24. The third kappa shape index (κ3) is 3.85. The van der Waals surface area contributed by atoms with Gasteiger partial charge in [0.15, 0.2) is 0 Å². The second-order valence-corrected chi connectivity index (χ2v) is 5.54. The number of hydrogen-bond acceptors (Lipinski definition) is 3. The molecule has 1 aromatic rings. The Labute approximate surface area is 123 Å². The molecule has 1 unspecified atom stereocenters. The Kier molecular flexibility index (Phi) is 5.49. The first kappa shape index (κ1) is 14.6. The summed E-state index contributed by atoms with van der Waals surface area (Å²) in [6.07, 6.45) is 4.12. The van der Waals surface area contributed by atoms with Crippen molar-refractivity contribution in [3.63, 3.8) is 0 Å². The molecule has 0 aliphatic carbocycles. The van der Waals surface area contributed by atoms with E-state index in [1.807, 2.05) is 24.4 Å². The van der Waals surface area contributed by atoms with Crippen LogP contribution in [0.1, 0.15) is 24.3 Å². The molecule has 19 heavy (non-hydrogen) atoms. The van der Waals surface area contributed by atoms with E-state index in [4.69, 9.17) is 28.0 Å². The first-order chi connectivity index (χ1) is 9.22. The van der Waals surface area contributed by atoms with Gasteiger partial charge >= 0.3 is 0 Å². The molecule has 3 nitrogen and oxygen atoms in total. The number of piperidine rings is 1. The Morgan fingerprint density at radius 3 is 2.68 bits per heavy atom. The van der Waals surface area contributed by atoms with Gasteiger partial charge in [0.1, 0.15) is 7.11 Å². The second kappa shape index (κ2) is 7.13. The van der Waals surface area contributed by atoms with Gasteiger partial charge in [0.05, 0.1) is 16.3 Å². The Hall–Kier alpha value is -0.770. The minimum Gasteiger partial charge on any atom is -0.399 e. The van der Waals surface area contributed by atoms with Crippen LogP contribution in [-0.4, -0.2) is 26.4 Å². The summed E-state index contributed by atoms with van der Waals surface area (Å²) in [5.41, 5.74) is 1.14. The van der Waals surface area contributed by atoms with E-state index < -0.39 is 0 Å². The van der Waals surface area contributed by atoms with Crippen molar-refractivity contribution in [3.05, 3.63) is 33.8 Å². The van der Waals surface area contributed by atoms with Crippen LogP contribution in [0.3, 0.4) is 0 Å². The van der Waals surface area contributed by atoms with Crippen molar-refractivity contribution in [2.75, 3.05) is 20.2 Å². The molecule has 1 saturated heterocycles. The number of nitrogens with zero attached hydrogens (tertiary/aromatic N) is 1. The van der Waals surface area contributed by atoms with Crippen molar-refractivity contribution >= 4 is 29.4 Å². The number of nitrogens with one attached hydrogen (secondary N) is 1. The summed E-state index contributed by atoms with van der Waals surface area (Å²) in [6.45, 7) is 2.09. The highest BCUT2D eigenvalue weighted by Crippen LogP contribution is 2.33. The van der Waals surface area contributed by atoms with Crippen LogP contribution in [0.15, 0.2) is 23.4 Å². The molecule has 0 bridgehead atoms. The fourth-order valence-corrected chi connectivity index (χ4v) is 2.84. The summed E-state index contributed by atoms with van der Waals surface area (Å²) >= 11 is 12.1. The first-order valence-corrected chi connectivity index (χ1v) is 7.20. The lowest BCUT2D eigenvalue weighted by Crippen LogP contribution is -2.31. The molecular formula is C14H18Cl2N2O. The topological polar surface area (TPSA) is 33.6 Å². The van der Waals surface area contributed by atoms with Crippen LogP contribution >= 0.6 is 23.2 Å². The van der Waals surface area contributed by atoms with Crippen molar-refractivity contribution in [2.45, 2.75) is 18.8 Å². The van der Waals surface area contributed by atoms with Crippen LogP contribution in [0.2, 0.25) is 10.0 Å². The predicted octanol–water partition coefficient (Wildman–Crippen LogP) is 3.71. The monoisotopic (exact) mass is 300 g/mol. The lowest BCUT2D eigenvalue weighted by Gasteiger charge is -2.28. The SMILES string of the molecule is CO/N=C/C(c1ccc(Cl)c(Cl)c1)C1CCNCC1. The van der Waals surface area contributed by atoms with Crippen LogP contribution in [0.5, 0.6) is 0 Å². The number of halogens is 2. The van der Waals surface area contributed by atoms with Gasteiger partial charge in [-0.15, -0.1) is 0 Å². The minimum absolute atomic E-state index is 0.219. The quantitative estimate of drug-likeness (QED) is 0.679. The van der Waals surface area contributed by atoms with Crippen molar-refractivity contribution in [1.82, 2.24) is 5.32 Å². The van der Waals surface area contributed by atoms with Gasteiger partial charge < -0.3 is 10.2 Å². The highest BCUT2D eigenvalue weighted by molar-refractivity contribution is 6.42. The summed E-state index contributed by atoms with van der Waals surface area (Å²) in [6, 6.07) is 5.79. The largest absolute Gasteiger partial charge is 0.399 e. The van der Waals surface area contributed by atoms with E-state index in [1.165, 1.54) is 0 Å². The summed E-state index contributed by atoms with van der Waals surface area (Å²) in [5, 5.41) is 8.50. The molecule has 1 aliphatic rings. The van der Waals surface area contributed by atoms with E-state index in [-0.39, 0.29) is 5.92 Å². The second-order valence-electron chi connectivity index (χ2n) is 4.72. The van der Waals surface area contributed by atoms with Crippen molar-refractivity contribution in [3.8, 4) is 0 Å². The molecule has 1 aliphatic heterocycles. The van der Waals surface area contributed by atoms with Crippen LogP contribution in [-0.2, 0) is 4.84 Å². The Bertz CT molecular complexity index is 445. The first-order valence-electron chi connectivity index (χ1n) is 6.44. The lowest BCUT2D eigenvalue weighted by molar-refractivity contribution is 0.212. The number of hydrogen-bond donors (Lipinski definition) is 1. The molecule has 1 fully saturated rings. The van der Waals surface area contributed by atoms with Gasteiger partial charge in [0.2, 0.25) is 0 Å². The van der Waals surface area contributed by atoms with Gasteiger partial charge in [-0.1, -0.05) is 34.4 Å². The molecule has 5 heteroatoms. The predicted molar refractivity (Wildman–Crippen MR) is 80.3 cm³/mol. The average molecular weight is 301 g/mol. The molecule has 2 rings (SSSR count). The molecule has 0 amide bonds. The third-order valence-corrected chi connectivity index (χ3v) is 4.29. The maximum Gasteiger partial charge on any atom is 0.106 e. The molecule has 1 heterocycles. The average Bonchev–Trinajstić information content (AvgIpc) is 2.44. The summed E-state index contributed by atoms with van der Waals surface area (Å²) in [5.74, 6) is 0.772. The van der Waals surface area contributed by atoms with Crippen LogP contribution in [0.4, 0.5) is 0 Å². The van der Waals surface area contributed by atoms with Crippen LogP contribution in [0.25, 0.3) is 0 Å². The fraction of sp³-hybridized carbons (Fsp3) is 0.500. The molecular weight excluding hydrogens is 283 g/mol. The van der Waals surface area contributed by atoms with E-state index in [9.17, 15) is 0 Å². The third-order valence-electron chi connectivity index (χ3n) is 3.55. The maximum atomic E-state index is 6.11. The smallest absolute Gasteiger partial charge is 0.106 e. The fourth-order valence-electron chi connectivity index (χ4n) is 2.53. The van der Waals surface area contributed by atoms with E-state index in [2.05, 4.69) is 10.5 Å². The van der Waals surface area contributed by atoms with Crippen LogP contribution in [0, 0.1) is 5.92 Å². The minimum atomic E-state index is 0.219. The van der Waals surface area contributed by atoms with Gasteiger partial charge in [0.25, 0.3) is 0 Å². The van der Waals surface area contributed by atoms with Gasteiger partial charge in [-0.2, -0.15) is 0 Å². The molecule has 1 aromatic carbocycles. The van der Waals surface area contributed by atoms with Crippen molar-refractivity contribution in [2.24, 2.45) is 11.1 Å². The molecule has 0 saturated carbocycles. The van der Waals surface area contributed by atoms with Crippen LogP contribution < -0.4 is 5.32 Å². The Morgan fingerprint density at radius 1 is 1.32 bits per heavy atom. The Morgan fingerprint density at radius 2 is 2.05 bits per heavy atom. The van der Waals surface area contributed by atoms with E-state index in [0.717, 1.165) is 31.5 Å². The van der Waals surface area contributed by atoms with Gasteiger partial charge in [0, 0.05) is 5.92 Å². The van der Waals surface area contributed by atoms with E-state index in [0.29, 0.717) is 16.0 Å². The van der Waals surface area contributed by atoms with Crippen molar-refractivity contribution in [1.29, 1.82) is 0 Å². The molecule has 1 N–H and O–H groups in total.